The maximum atomic E-state index is 13.8. The maximum Gasteiger partial charge on any atom is 0.293 e. The number of fused-ring (bicyclic) bond motifs is 3. The van der Waals surface area contributed by atoms with Crippen molar-refractivity contribution in [2.45, 2.75) is 44.2 Å². The highest BCUT2D eigenvalue weighted by atomic mass is 19.1. The molecule has 0 bridgehead atoms. The standard InChI is InChI=1S/C25H21FN6O3/c1-3-13-8-15(4-5-16(13)26)28-23(34)21-12(2)20(18-10-14-9-17(14)32(18)21)22(33)24(35)29-25(6-7-25)19-11-27-31-30-19/h1,4-5,8,11,14,17H,6-7,9-10H2,2H3,(H,28,34)(H,29,35)(H,27,30,31)/t14-,17-/m1/s1. The fraction of sp³-hybridized carbons (Fsp3) is 0.320. The van der Waals surface area contributed by atoms with Crippen molar-refractivity contribution in [1.29, 1.82) is 0 Å². The first-order chi connectivity index (χ1) is 16.8. The number of carbonyl (C=O) groups is 3. The van der Waals surface area contributed by atoms with E-state index in [1.807, 2.05) is 4.57 Å². The number of carbonyl (C=O) groups excluding carboxylic acids is 3. The van der Waals surface area contributed by atoms with Gasteiger partial charge in [-0.2, -0.15) is 0 Å². The first-order valence-electron chi connectivity index (χ1n) is 11.4. The van der Waals surface area contributed by atoms with E-state index < -0.39 is 29.0 Å². The zero-order chi connectivity index (χ0) is 24.5. The largest absolute Gasteiger partial charge is 0.338 e. The number of terminal acetylenes is 1. The molecule has 3 heterocycles. The van der Waals surface area contributed by atoms with Crippen LogP contribution in [-0.4, -0.2) is 37.6 Å². The second-order valence-corrected chi connectivity index (χ2v) is 9.45. The molecule has 2 fully saturated rings. The number of benzene rings is 1. The lowest BCUT2D eigenvalue weighted by Crippen LogP contribution is -2.40. The Morgan fingerprint density at radius 2 is 2.11 bits per heavy atom. The molecule has 2 atom stereocenters. The lowest BCUT2D eigenvalue weighted by Gasteiger charge is -2.14. The van der Waals surface area contributed by atoms with Gasteiger partial charge in [0, 0.05) is 23.6 Å². The molecule has 1 aliphatic heterocycles. The number of aromatic amines is 1. The van der Waals surface area contributed by atoms with E-state index in [1.54, 1.807) is 13.1 Å². The number of nitrogens with one attached hydrogen (secondary N) is 3. The van der Waals surface area contributed by atoms with Crippen LogP contribution in [0.1, 0.15) is 68.7 Å². The molecule has 35 heavy (non-hydrogen) atoms. The van der Waals surface area contributed by atoms with Gasteiger partial charge in [0.15, 0.2) is 0 Å². The molecule has 0 radical (unpaired) electrons. The first kappa shape index (κ1) is 21.3. The Bertz CT molecular complexity index is 1460. The van der Waals surface area contributed by atoms with Crippen molar-refractivity contribution in [2.24, 2.45) is 5.92 Å². The summed E-state index contributed by atoms with van der Waals surface area (Å²) in [6.45, 7) is 1.68. The predicted octanol–water partition coefficient (Wildman–Crippen LogP) is 2.39. The predicted molar refractivity (Wildman–Crippen MR) is 122 cm³/mol. The van der Waals surface area contributed by atoms with Crippen LogP contribution >= 0.6 is 0 Å². The van der Waals surface area contributed by atoms with Gasteiger partial charge < -0.3 is 15.2 Å². The van der Waals surface area contributed by atoms with Gasteiger partial charge in [0.2, 0.25) is 0 Å². The van der Waals surface area contributed by atoms with Gasteiger partial charge in [-0.1, -0.05) is 11.1 Å². The highest BCUT2D eigenvalue weighted by Crippen LogP contribution is 2.54. The van der Waals surface area contributed by atoms with Gasteiger partial charge in [-0.05, 0) is 62.3 Å². The van der Waals surface area contributed by atoms with Crippen molar-refractivity contribution in [3.63, 3.8) is 0 Å². The Kier molecular flexibility index (Phi) is 4.48. The molecule has 2 saturated carbocycles. The van der Waals surface area contributed by atoms with Gasteiger partial charge in [0.1, 0.15) is 17.2 Å². The quantitative estimate of drug-likeness (QED) is 0.289. The van der Waals surface area contributed by atoms with Gasteiger partial charge in [-0.25, -0.2) is 4.39 Å². The summed E-state index contributed by atoms with van der Waals surface area (Å²) in [6.07, 6.45) is 9.84. The SMILES string of the molecule is C#Cc1cc(NC(=O)c2c(C)c(C(=O)C(=O)NC3(c4c[nH]nn4)CC3)c3n2[C@@H]2C[C@@H]2C3)ccc1F. The second-order valence-electron chi connectivity index (χ2n) is 9.45. The maximum absolute atomic E-state index is 13.8. The number of halogens is 1. The van der Waals surface area contributed by atoms with E-state index in [-0.39, 0.29) is 17.2 Å². The minimum atomic E-state index is -0.730. The number of rotatable bonds is 6. The average molecular weight is 472 g/mol. The van der Waals surface area contributed by atoms with Crippen molar-refractivity contribution < 1.29 is 18.8 Å². The fourth-order valence-electron chi connectivity index (χ4n) is 5.23. The second kappa shape index (κ2) is 7.37. The van der Waals surface area contributed by atoms with Crippen molar-refractivity contribution in [3.05, 3.63) is 64.0 Å². The molecule has 3 aromatic rings. The number of Topliss-reactive ketones (excluding diaryl/α,β-unsaturated/α-hetero) is 1. The van der Waals surface area contributed by atoms with Crippen molar-refractivity contribution in [2.75, 3.05) is 5.32 Å². The Morgan fingerprint density at radius 3 is 2.80 bits per heavy atom. The lowest BCUT2D eigenvalue weighted by molar-refractivity contribution is -0.118. The van der Waals surface area contributed by atoms with Crippen molar-refractivity contribution in [1.82, 2.24) is 25.3 Å². The van der Waals surface area contributed by atoms with Crippen LogP contribution < -0.4 is 10.6 Å². The van der Waals surface area contributed by atoms with Crippen LogP contribution in [0.25, 0.3) is 0 Å². The molecule has 9 nitrogen and oxygen atoms in total. The third-order valence-corrected chi connectivity index (χ3v) is 7.26. The van der Waals surface area contributed by atoms with Crippen LogP contribution in [-0.2, 0) is 16.8 Å². The number of ketones is 1. The van der Waals surface area contributed by atoms with Crippen LogP contribution in [0.2, 0.25) is 0 Å². The average Bonchev–Trinajstić information content (AvgIpc) is 3.62. The van der Waals surface area contributed by atoms with Gasteiger partial charge >= 0.3 is 0 Å². The van der Waals surface area contributed by atoms with E-state index in [1.165, 1.54) is 18.2 Å². The zero-order valence-electron chi connectivity index (χ0n) is 18.8. The molecule has 2 aromatic heterocycles. The molecular weight excluding hydrogens is 451 g/mol. The van der Waals surface area contributed by atoms with Gasteiger partial charge in [-0.3, -0.25) is 19.5 Å². The van der Waals surface area contributed by atoms with Gasteiger partial charge in [-0.15, -0.1) is 11.5 Å². The number of hydrogen-bond donors (Lipinski definition) is 3. The molecule has 1 aromatic carbocycles. The van der Waals surface area contributed by atoms with E-state index in [9.17, 15) is 18.8 Å². The molecule has 3 N–H and O–H groups in total. The fourth-order valence-corrected chi connectivity index (χ4v) is 5.23. The highest BCUT2D eigenvalue weighted by Gasteiger charge is 2.52. The third-order valence-electron chi connectivity index (χ3n) is 7.26. The normalized spacial score (nSPS) is 20.4. The van der Waals surface area contributed by atoms with Crippen LogP contribution in [0, 0.1) is 31.0 Å². The number of hydrogen-bond acceptors (Lipinski definition) is 5. The summed E-state index contributed by atoms with van der Waals surface area (Å²) in [5, 5.41) is 15.9. The summed E-state index contributed by atoms with van der Waals surface area (Å²) in [5.41, 5.74) is 2.07. The molecule has 176 valence electrons. The smallest absolute Gasteiger partial charge is 0.293 e. The lowest BCUT2D eigenvalue weighted by atomic mass is 10.0. The van der Waals surface area contributed by atoms with E-state index in [0.717, 1.165) is 6.42 Å². The van der Waals surface area contributed by atoms with Crippen LogP contribution in [0.5, 0.6) is 0 Å². The van der Waals surface area contributed by atoms with E-state index in [4.69, 9.17) is 6.42 Å². The van der Waals surface area contributed by atoms with E-state index >= 15 is 0 Å². The molecule has 2 amide bonds. The summed E-state index contributed by atoms with van der Waals surface area (Å²) >= 11 is 0. The van der Waals surface area contributed by atoms with Gasteiger partial charge in [0.05, 0.1) is 16.7 Å². The van der Waals surface area contributed by atoms with E-state index in [0.29, 0.717) is 53.5 Å². The number of amides is 2. The molecule has 0 unspecified atom stereocenters. The minimum absolute atomic E-state index is 0.0378. The summed E-state index contributed by atoms with van der Waals surface area (Å²) in [7, 11) is 0. The van der Waals surface area contributed by atoms with Crippen LogP contribution in [0.15, 0.2) is 24.4 Å². The van der Waals surface area contributed by atoms with Crippen LogP contribution in [0.4, 0.5) is 10.1 Å². The van der Waals surface area contributed by atoms with Crippen LogP contribution in [0.3, 0.4) is 0 Å². The number of aromatic nitrogens is 4. The Labute approximate surface area is 199 Å². The Hall–Kier alpha value is -4.26. The third kappa shape index (κ3) is 3.26. The molecule has 10 heteroatoms. The summed E-state index contributed by atoms with van der Waals surface area (Å²) in [6, 6.07) is 4.14. The Balaban J connectivity index is 1.31. The zero-order valence-corrected chi connectivity index (χ0v) is 18.8. The molecule has 6 rings (SSSR count). The first-order valence-corrected chi connectivity index (χ1v) is 11.4. The monoisotopic (exact) mass is 472 g/mol. The molecule has 0 spiro atoms. The highest BCUT2D eigenvalue weighted by molar-refractivity contribution is 6.44. The van der Waals surface area contributed by atoms with Gasteiger partial charge in [0.25, 0.3) is 17.6 Å². The summed E-state index contributed by atoms with van der Waals surface area (Å²) in [5.74, 6) is 0.218. The van der Waals surface area contributed by atoms with E-state index in [2.05, 4.69) is 32.0 Å². The molecule has 2 aliphatic carbocycles. The molecular formula is C25H21FN6O3. The number of H-pyrrole nitrogens is 1. The number of anilines is 1. The summed E-state index contributed by atoms with van der Waals surface area (Å²) in [4.78, 5) is 39.7. The summed E-state index contributed by atoms with van der Waals surface area (Å²) < 4.78 is 15.7. The van der Waals surface area contributed by atoms with Crippen molar-refractivity contribution >= 4 is 23.3 Å². The molecule has 0 saturated heterocycles. The Morgan fingerprint density at radius 1 is 1.31 bits per heavy atom. The topological polar surface area (TPSA) is 122 Å². The molecule has 3 aliphatic rings. The number of nitrogens with zero attached hydrogens (tertiary/aromatic N) is 3. The minimum Gasteiger partial charge on any atom is -0.338 e. The van der Waals surface area contributed by atoms with Crippen molar-refractivity contribution in [3.8, 4) is 12.3 Å².